The molecule has 0 saturated heterocycles. The lowest BCUT2D eigenvalue weighted by atomic mass is 9.90. The Morgan fingerprint density at radius 2 is 1.79 bits per heavy atom. The molecule has 2 aromatic carbocycles. The number of amides is 2. The molecule has 0 spiro atoms. The van der Waals surface area contributed by atoms with E-state index in [9.17, 15) is 9.59 Å². The quantitative estimate of drug-likeness (QED) is 0.588. The monoisotopic (exact) mass is 459 g/mol. The molecular formula is C28H33N3O3. The van der Waals surface area contributed by atoms with Crippen molar-refractivity contribution in [2.24, 2.45) is 0 Å². The Hall–Kier alpha value is -3.28. The fourth-order valence-electron chi connectivity index (χ4n) is 5.45. The van der Waals surface area contributed by atoms with Gasteiger partial charge in [0.05, 0.1) is 19.2 Å². The van der Waals surface area contributed by atoms with E-state index in [1.807, 2.05) is 60.9 Å². The van der Waals surface area contributed by atoms with Crippen LogP contribution in [0.1, 0.15) is 60.6 Å². The van der Waals surface area contributed by atoms with Crippen LogP contribution in [0.3, 0.4) is 0 Å². The van der Waals surface area contributed by atoms with Gasteiger partial charge in [-0.1, -0.05) is 25.3 Å². The molecule has 0 bridgehead atoms. The normalized spacial score (nSPS) is 20.9. The molecule has 178 valence electrons. The van der Waals surface area contributed by atoms with Crippen LogP contribution in [-0.2, 0) is 11.3 Å². The van der Waals surface area contributed by atoms with Crippen molar-refractivity contribution in [1.29, 1.82) is 0 Å². The average Bonchev–Trinajstić information content (AvgIpc) is 3.19. The van der Waals surface area contributed by atoms with Gasteiger partial charge >= 0.3 is 0 Å². The number of fused-ring (bicyclic) bond motifs is 3. The zero-order valence-corrected chi connectivity index (χ0v) is 20.5. The molecule has 0 radical (unpaired) electrons. The van der Waals surface area contributed by atoms with E-state index in [4.69, 9.17) is 4.74 Å². The van der Waals surface area contributed by atoms with Gasteiger partial charge in [0.1, 0.15) is 17.0 Å². The topological polar surface area (TPSA) is 63.6 Å². The van der Waals surface area contributed by atoms with Crippen LogP contribution in [0.5, 0.6) is 5.75 Å². The van der Waals surface area contributed by atoms with Gasteiger partial charge < -0.3 is 14.6 Å². The number of nitrogens with one attached hydrogen (secondary N) is 1. The van der Waals surface area contributed by atoms with Crippen molar-refractivity contribution >= 4 is 28.4 Å². The Labute approximate surface area is 200 Å². The minimum Gasteiger partial charge on any atom is -0.497 e. The number of nitrogens with zero attached hydrogens (tertiary/aromatic N) is 2. The number of benzene rings is 2. The fourth-order valence-corrected chi connectivity index (χ4v) is 5.45. The Morgan fingerprint density at radius 1 is 1.03 bits per heavy atom. The molecule has 34 heavy (non-hydrogen) atoms. The smallest absolute Gasteiger partial charge is 0.275 e. The first kappa shape index (κ1) is 22.5. The van der Waals surface area contributed by atoms with Crippen molar-refractivity contribution in [2.45, 2.75) is 71.0 Å². The number of carbonyl (C=O) groups excluding carboxylic acids is 2. The molecule has 6 nitrogen and oxygen atoms in total. The summed E-state index contributed by atoms with van der Waals surface area (Å²) in [5, 5.41) is 4.26. The highest BCUT2D eigenvalue weighted by atomic mass is 16.5. The van der Waals surface area contributed by atoms with Gasteiger partial charge in [-0.15, -0.1) is 0 Å². The predicted molar refractivity (Wildman–Crippen MR) is 135 cm³/mol. The molecule has 2 aliphatic rings. The van der Waals surface area contributed by atoms with Gasteiger partial charge in [0.25, 0.3) is 5.91 Å². The highest BCUT2D eigenvalue weighted by molar-refractivity contribution is 6.14. The molecule has 1 aliphatic heterocycles. The molecule has 1 atom stereocenters. The highest BCUT2D eigenvalue weighted by Gasteiger charge is 2.49. The van der Waals surface area contributed by atoms with Crippen molar-refractivity contribution in [2.75, 3.05) is 12.0 Å². The van der Waals surface area contributed by atoms with Crippen molar-refractivity contribution in [3.63, 3.8) is 0 Å². The maximum Gasteiger partial charge on any atom is 0.275 e. The summed E-state index contributed by atoms with van der Waals surface area (Å²) in [4.78, 5) is 29.7. The number of anilines is 1. The van der Waals surface area contributed by atoms with Crippen molar-refractivity contribution in [3.8, 4) is 5.75 Å². The van der Waals surface area contributed by atoms with Crippen LogP contribution in [-0.4, -0.2) is 35.1 Å². The van der Waals surface area contributed by atoms with Crippen LogP contribution in [0.2, 0.25) is 0 Å². The summed E-state index contributed by atoms with van der Waals surface area (Å²) in [5.74, 6) is 0.470. The Bertz CT molecular complexity index is 1270. The second kappa shape index (κ2) is 8.49. The minimum absolute atomic E-state index is 0.0959. The average molecular weight is 460 g/mol. The lowest BCUT2D eigenvalue weighted by Gasteiger charge is -2.45. The third-order valence-electron chi connectivity index (χ3n) is 7.67. The van der Waals surface area contributed by atoms with E-state index in [0.29, 0.717) is 12.2 Å². The second-order valence-corrected chi connectivity index (χ2v) is 10.0. The summed E-state index contributed by atoms with van der Waals surface area (Å²) in [6, 6.07) is 13.9. The number of hydrogen-bond donors (Lipinski definition) is 1. The largest absolute Gasteiger partial charge is 0.497 e. The highest BCUT2D eigenvalue weighted by Crippen LogP contribution is 2.37. The van der Waals surface area contributed by atoms with Crippen LogP contribution in [0.25, 0.3) is 10.9 Å². The Balaban J connectivity index is 1.63. The first-order valence-electron chi connectivity index (χ1n) is 12.2. The summed E-state index contributed by atoms with van der Waals surface area (Å²) in [6.45, 7) is 6.36. The molecule has 2 amide bonds. The third-order valence-corrected chi connectivity index (χ3v) is 7.67. The van der Waals surface area contributed by atoms with Gasteiger partial charge in [-0.05, 0) is 75.1 Å². The van der Waals surface area contributed by atoms with Gasteiger partial charge in [-0.25, -0.2) is 0 Å². The molecule has 1 aliphatic carbocycles. The van der Waals surface area contributed by atoms with Crippen LogP contribution < -0.4 is 15.0 Å². The number of aromatic nitrogens is 1. The lowest BCUT2D eigenvalue weighted by molar-refractivity contribution is -0.127. The molecule has 1 N–H and O–H groups in total. The molecule has 0 unspecified atom stereocenters. The molecule has 1 aromatic heterocycles. The summed E-state index contributed by atoms with van der Waals surface area (Å²) in [6.07, 6.45) is 5.47. The van der Waals surface area contributed by atoms with E-state index in [-0.39, 0.29) is 17.9 Å². The van der Waals surface area contributed by atoms with Crippen molar-refractivity contribution in [1.82, 2.24) is 9.88 Å². The number of rotatable bonds is 4. The van der Waals surface area contributed by atoms with Crippen molar-refractivity contribution < 1.29 is 14.3 Å². The fraction of sp³-hybridized carbons (Fsp3) is 0.429. The van der Waals surface area contributed by atoms with Gasteiger partial charge in [0.15, 0.2) is 0 Å². The first-order chi connectivity index (χ1) is 16.3. The third kappa shape index (κ3) is 3.65. The Kier molecular flexibility index (Phi) is 5.62. The number of aryl methyl sites for hydroxylation is 2. The summed E-state index contributed by atoms with van der Waals surface area (Å²) in [5.41, 5.74) is 3.42. The molecule has 1 saturated carbocycles. The summed E-state index contributed by atoms with van der Waals surface area (Å²) in [7, 11) is 1.63. The van der Waals surface area contributed by atoms with Gasteiger partial charge in [0.2, 0.25) is 5.91 Å². The van der Waals surface area contributed by atoms with E-state index in [0.717, 1.165) is 59.2 Å². The zero-order valence-electron chi connectivity index (χ0n) is 20.5. The van der Waals surface area contributed by atoms with Gasteiger partial charge in [-0.2, -0.15) is 0 Å². The summed E-state index contributed by atoms with van der Waals surface area (Å²) >= 11 is 0. The molecule has 6 heteroatoms. The van der Waals surface area contributed by atoms with Gasteiger partial charge in [-0.3, -0.25) is 14.5 Å². The SMILES string of the molecule is COc1ccc2cc3n(c2c1)C[C@@](C)(C(=O)NC1CCCCC1)N(c1ccc(C)c(C)c1)C3=O. The standard InChI is InChI=1S/C28H33N3O3/c1-18-10-12-22(14-19(18)2)31-26(32)25-15-20-11-13-23(34-4)16-24(20)30(25)17-28(31,3)27(33)29-21-8-6-5-7-9-21/h10-16,21H,5-9,17H2,1-4H3,(H,29,33)/t28-/m0/s1. The van der Waals surface area contributed by atoms with Gasteiger partial charge in [0, 0.05) is 23.2 Å². The number of carbonyl (C=O) groups is 2. The van der Waals surface area contributed by atoms with E-state index >= 15 is 0 Å². The second-order valence-electron chi connectivity index (χ2n) is 10.0. The van der Waals surface area contributed by atoms with Crippen LogP contribution in [0, 0.1) is 13.8 Å². The van der Waals surface area contributed by atoms with E-state index in [2.05, 4.69) is 12.2 Å². The molecule has 1 fully saturated rings. The molecule has 3 aromatic rings. The maximum atomic E-state index is 14.0. The molecule has 5 rings (SSSR count). The molecular weight excluding hydrogens is 426 g/mol. The van der Waals surface area contributed by atoms with E-state index in [1.54, 1.807) is 12.0 Å². The maximum absolute atomic E-state index is 14.0. The van der Waals surface area contributed by atoms with E-state index in [1.165, 1.54) is 6.42 Å². The zero-order chi connectivity index (χ0) is 24.0. The minimum atomic E-state index is -1.07. The van der Waals surface area contributed by atoms with E-state index < -0.39 is 5.54 Å². The lowest BCUT2D eigenvalue weighted by Crippen LogP contribution is -2.65. The van der Waals surface area contributed by atoms with Crippen LogP contribution >= 0.6 is 0 Å². The number of ether oxygens (including phenoxy) is 1. The van der Waals surface area contributed by atoms with Crippen LogP contribution in [0.15, 0.2) is 42.5 Å². The van der Waals surface area contributed by atoms with Crippen molar-refractivity contribution in [3.05, 3.63) is 59.3 Å². The van der Waals surface area contributed by atoms with Crippen LogP contribution in [0.4, 0.5) is 5.69 Å². The summed E-state index contributed by atoms with van der Waals surface area (Å²) < 4.78 is 7.42. The molecule has 2 heterocycles. The number of hydrogen-bond acceptors (Lipinski definition) is 3. The number of methoxy groups -OCH3 is 1. The predicted octanol–water partition coefficient (Wildman–Crippen LogP) is 5.13. The Morgan fingerprint density at radius 3 is 2.50 bits per heavy atom. The first-order valence-corrected chi connectivity index (χ1v) is 12.2.